The number of nitrogens with two attached hydrogens (primary N) is 1. The van der Waals surface area contributed by atoms with Crippen LogP contribution in [0.2, 0.25) is 0 Å². The highest BCUT2D eigenvalue weighted by Gasteiger charge is 2.12. The van der Waals surface area contributed by atoms with Crippen LogP contribution < -0.4 is 5.73 Å². The van der Waals surface area contributed by atoms with Gasteiger partial charge in [-0.1, -0.05) is 67.9 Å². The number of rotatable bonds is 7. The van der Waals surface area contributed by atoms with Gasteiger partial charge in [-0.3, -0.25) is 0 Å². The molecule has 0 radical (unpaired) electrons. The molecule has 0 heterocycles. The Morgan fingerprint density at radius 1 is 0.900 bits per heavy atom. The van der Waals surface area contributed by atoms with Gasteiger partial charge in [0.2, 0.25) is 0 Å². The molecule has 1 heteroatoms. The lowest BCUT2D eigenvalue weighted by Gasteiger charge is -2.17. The molecule has 0 fully saturated rings. The summed E-state index contributed by atoms with van der Waals surface area (Å²) in [6.45, 7) is 2.96. The van der Waals surface area contributed by atoms with Crippen LogP contribution in [0.15, 0.2) is 54.6 Å². The second-order valence-corrected chi connectivity index (χ2v) is 5.39. The van der Waals surface area contributed by atoms with Gasteiger partial charge < -0.3 is 5.73 Å². The monoisotopic (exact) mass is 267 g/mol. The molecular formula is C19H25N. The molecule has 0 amide bonds. The third-order valence-corrected chi connectivity index (χ3v) is 3.86. The van der Waals surface area contributed by atoms with E-state index in [1.54, 1.807) is 0 Å². The van der Waals surface area contributed by atoms with Crippen molar-refractivity contribution >= 4 is 0 Å². The lowest BCUT2D eigenvalue weighted by molar-refractivity contribution is 0.725. The van der Waals surface area contributed by atoms with Crippen molar-refractivity contribution in [2.75, 3.05) is 6.54 Å². The minimum Gasteiger partial charge on any atom is -0.330 e. The minimum atomic E-state index is 0.418. The second-order valence-electron chi connectivity index (χ2n) is 5.39. The molecule has 1 atom stereocenters. The van der Waals surface area contributed by atoms with Crippen molar-refractivity contribution in [2.24, 2.45) is 5.73 Å². The largest absolute Gasteiger partial charge is 0.330 e. The molecule has 2 aromatic carbocycles. The molecule has 2 aromatic rings. The summed E-state index contributed by atoms with van der Waals surface area (Å²) < 4.78 is 0. The molecular weight excluding hydrogens is 242 g/mol. The summed E-state index contributed by atoms with van der Waals surface area (Å²) in [4.78, 5) is 0. The van der Waals surface area contributed by atoms with Crippen LogP contribution in [0.25, 0.3) is 0 Å². The van der Waals surface area contributed by atoms with Crippen molar-refractivity contribution in [3.05, 3.63) is 71.3 Å². The lowest BCUT2D eigenvalue weighted by atomic mass is 9.88. The Kier molecular flexibility index (Phi) is 5.82. The zero-order chi connectivity index (χ0) is 14.2. The van der Waals surface area contributed by atoms with Crippen LogP contribution in [-0.4, -0.2) is 6.54 Å². The summed E-state index contributed by atoms with van der Waals surface area (Å²) in [5.74, 6) is 0.418. The highest BCUT2D eigenvalue weighted by molar-refractivity contribution is 5.34. The van der Waals surface area contributed by atoms with Gasteiger partial charge in [-0.25, -0.2) is 0 Å². The zero-order valence-corrected chi connectivity index (χ0v) is 12.4. The Hall–Kier alpha value is -1.60. The second kappa shape index (κ2) is 7.86. The van der Waals surface area contributed by atoms with Gasteiger partial charge in [-0.2, -0.15) is 0 Å². The smallest absolute Gasteiger partial charge is 0.0101 e. The molecule has 1 unspecified atom stereocenters. The quantitative estimate of drug-likeness (QED) is 0.784. The van der Waals surface area contributed by atoms with Gasteiger partial charge in [-0.05, 0) is 42.5 Å². The van der Waals surface area contributed by atoms with Crippen LogP contribution in [-0.2, 0) is 6.42 Å². The van der Waals surface area contributed by atoms with Crippen LogP contribution in [0.1, 0.15) is 48.8 Å². The molecule has 0 bridgehead atoms. The average Bonchev–Trinajstić information content (AvgIpc) is 2.52. The first-order valence-electron chi connectivity index (χ1n) is 7.69. The van der Waals surface area contributed by atoms with E-state index >= 15 is 0 Å². The van der Waals surface area contributed by atoms with Crippen LogP contribution in [0, 0.1) is 0 Å². The molecule has 2 N–H and O–H groups in total. The zero-order valence-electron chi connectivity index (χ0n) is 12.4. The van der Waals surface area contributed by atoms with Crippen molar-refractivity contribution in [3.63, 3.8) is 0 Å². The molecule has 0 aliphatic rings. The van der Waals surface area contributed by atoms with Crippen LogP contribution >= 0.6 is 0 Å². The van der Waals surface area contributed by atoms with Gasteiger partial charge in [0.15, 0.2) is 0 Å². The maximum absolute atomic E-state index is 5.80. The first-order valence-corrected chi connectivity index (χ1v) is 7.69. The van der Waals surface area contributed by atoms with Gasteiger partial charge in [-0.15, -0.1) is 0 Å². The Morgan fingerprint density at radius 2 is 1.55 bits per heavy atom. The average molecular weight is 267 g/mol. The molecule has 0 saturated carbocycles. The highest BCUT2D eigenvalue weighted by atomic mass is 14.5. The van der Waals surface area contributed by atoms with Crippen molar-refractivity contribution < 1.29 is 0 Å². The van der Waals surface area contributed by atoms with Crippen molar-refractivity contribution in [1.82, 2.24) is 0 Å². The molecule has 0 aliphatic heterocycles. The maximum atomic E-state index is 5.80. The molecule has 20 heavy (non-hydrogen) atoms. The van der Waals surface area contributed by atoms with Crippen LogP contribution in [0.5, 0.6) is 0 Å². The van der Waals surface area contributed by atoms with E-state index in [-0.39, 0.29) is 0 Å². The molecule has 0 spiro atoms. The Morgan fingerprint density at radius 3 is 2.15 bits per heavy atom. The summed E-state index contributed by atoms with van der Waals surface area (Å²) in [5, 5.41) is 0. The fourth-order valence-corrected chi connectivity index (χ4v) is 2.68. The first-order chi connectivity index (χ1) is 9.85. The normalized spacial score (nSPS) is 12.3. The molecule has 1 nitrogen and oxygen atoms in total. The predicted octanol–water partition coefficient (Wildman–Crippen LogP) is 4.51. The Bertz CT molecular complexity index is 487. The fourth-order valence-electron chi connectivity index (χ4n) is 2.68. The molecule has 0 aliphatic carbocycles. The van der Waals surface area contributed by atoms with Gasteiger partial charge in [0.1, 0.15) is 0 Å². The van der Waals surface area contributed by atoms with Crippen molar-refractivity contribution in [1.29, 1.82) is 0 Å². The van der Waals surface area contributed by atoms with E-state index in [0.717, 1.165) is 13.0 Å². The Labute approximate surface area is 122 Å². The fraction of sp³-hybridized carbons (Fsp3) is 0.368. The molecule has 106 valence electrons. The Balaban J connectivity index is 2.17. The number of hydrogen-bond acceptors (Lipinski definition) is 1. The lowest BCUT2D eigenvalue weighted by Crippen LogP contribution is -2.08. The number of benzene rings is 2. The highest BCUT2D eigenvalue weighted by Crippen LogP contribution is 2.27. The summed E-state index contributed by atoms with van der Waals surface area (Å²) >= 11 is 0. The summed E-state index contributed by atoms with van der Waals surface area (Å²) in [6.07, 6.45) is 4.70. The topological polar surface area (TPSA) is 26.0 Å². The standard InChI is InChI=1S/C19H25N/c1-2-3-7-16-10-12-18(13-11-16)19(14-15-20)17-8-5-4-6-9-17/h4-6,8-13,19H,2-3,7,14-15,20H2,1H3. The first kappa shape index (κ1) is 14.8. The third-order valence-electron chi connectivity index (χ3n) is 3.86. The van der Waals surface area contributed by atoms with Gasteiger partial charge >= 0.3 is 0 Å². The van der Waals surface area contributed by atoms with E-state index in [0.29, 0.717) is 5.92 Å². The number of unbranched alkanes of at least 4 members (excludes halogenated alkanes) is 1. The predicted molar refractivity (Wildman–Crippen MR) is 87.0 cm³/mol. The van der Waals surface area contributed by atoms with Gasteiger partial charge in [0.05, 0.1) is 0 Å². The summed E-state index contributed by atoms with van der Waals surface area (Å²) in [7, 11) is 0. The number of hydrogen-bond donors (Lipinski definition) is 1. The van der Waals surface area contributed by atoms with Crippen LogP contribution in [0.4, 0.5) is 0 Å². The van der Waals surface area contributed by atoms with Crippen LogP contribution in [0.3, 0.4) is 0 Å². The van der Waals surface area contributed by atoms with Crippen molar-refractivity contribution in [2.45, 2.75) is 38.5 Å². The van der Waals surface area contributed by atoms with Gasteiger partial charge in [0, 0.05) is 5.92 Å². The number of aryl methyl sites for hydroxylation is 1. The van der Waals surface area contributed by atoms with E-state index in [9.17, 15) is 0 Å². The SMILES string of the molecule is CCCCc1ccc(C(CCN)c2ccccc2)cc1. The summed E-state index contributed by atoms with van der Waals surface area (Å²) in [5.41, 5.74) is 9.98. The van der Waals surface area contributed by atoms with E-state index in [1.165, 1.54) is 36.0 Å². The third kappa shape index (κ3) is 3.94. The van der Waals surface area contributed by atoms with Crippen molar-refractivity contribution in [3.8, 4) is 0 Å². The van der Waals surface area contributed by atoms with E-state index in [1.807, 2.05) is 0 Å². The van der Waals surface area contributed by atoms with E-state index < -0.39 is 0 Å². The molecule has 2 rings (SSSR count). The molecule has 0 saturated heterocycles. The maximum Gasteiger partial charge on any atom is 0.0101 e. The minimum absolute atomic E-state index is 0.418. The van der Waals surface area contributed by atoms with E-state index in [4.69, 9.17) is 5.73 Å². The van der Waals surface area contributed by atoms with Gasteiger partial charge in [0.25, 0.3) is 0 Å². The van der Waals surface area contributed by atoms with E-state index in [2.05, 4.69) is 61.5 Å². The summed E-state index contributed by atoms with van der Waals surface area (Å²) in [6, 6.07) is 19.8. The molecule has 0 aromatic heterocycles.